The van der Waals surface area contributed by atoms with E-state index in [2.05, 4.69) is 5.10 Å². The van der Waals surface area contributed by atoms with Crippen LogP contribution in [-0.2, 0) is 7.05 Å². The highest BCUT2D eigenvalue weighted by molar-refractivity contribution is 5.97. The lowest BCUT2D eigenvalue weighted by Gasteiger charge is -2.05. The van der Waals surface area contributed by atoms with E-state index < -0.39 is 0 Å². The van der Waals surface area contributed by atoms with Crippen molar-refractivity contribution < 1.29 is 4.79 Å². The molecular formula is C9H15N3O. The van der Waals surface area contributed by atoms with Crippen molar-refractivity contribution in [1.29, 1.82) is 0 Å². The van der Waals surface area contributed by atoms with Gasteiger partial charge in [0.05, 0.1) is 11.8 Å². The second-order valence-electron chi connectivity index (χ2n) is 3.25. The number of hydrogen-bond donors (Lipinski definition) is 1. The Morgan fingerprint density at radius 1 is 1.77 bits per heavy atom. The van der Waals surface area contributed by atoms with E-state index in [0.29, 0.717) is 12.1 Å². The molecule has 0 spiro atoms. The minimum Gasteiger partial charge on any atom is -0.330 e. The highest BCUT2D eigenvalue weighted by Crippen LogP contribution is 2.10. The van der Waals surface area contributed by atoms with Gasteiger partial charge in [-0.25, -0.2) is 0 Å². The molecule has 1 rings (SSSR count). The second-order valence-corrected chi connectivity index (χ2v) is 3.25. The van der Waals surface area contributed by atoms with E-state index in [1.54, 1.807) is 24.1 Å². The first-order valence-electron chi connectivity index (χ1n) is 4.38. The Hall–Kier alpha value is -1.16. The maximum Gasteiger partial charge on any atom is 0.168 e. The Labute approximate surface area is 77.7 Å². The number of carbonyl (C=O) groups is 1. The van der Waals surface area contributed by atoms with Crippen LogP contribution in [0, 0.1) is 5.92 Å². The molecule has 4 heteroatoms. The molecule has 0 radical (unpaired) electrons. The standard InChI is InChI=1S/C9H15N3O/c1-7(3-4-10)9(13)8-5-11-12(2)6-8/h5-7H,3-4,10H2,1-2H3. The molecule has 0 aromatic carbocycles. The minimum atomic E-state index is -0.00537. The van der Waals surface area contributed by atoms with Crippen LogP contribution in [0.1, 0.15) is 23.7 Å². The second kappa shape index (κ2) is 4.18. The summed E-state index contributed by atoms with van der Waals surface area (Å²) in [6.07, 6.45) is 4.05. The molecule has 1 aromatic rings. The van der Waals surface area contributed by atoms with Crippen LogP contribution >= 0.6 is 0 Å². The molecular weight excluding hydrogens is 166 g/mol. The number of rotatable bonds is 4. The summed E-state index contributed by atoms with van der Waals surface area (Å²) in [6, 6.07) is 0. The molecule has 13 heavy (non-hydrogen) atoms. The molecule has 1 atom stereocenters. The molecule has 4 nitrogen and oxygen atoms in total. The average molecular weight is 181 g/mol. The van der Waals surface area contributed by atoms with Gasteiger partial charge in [0.25, 0.3) is 0 Å². The van der Waals surface area contributed by atoms with E-state index >= 15 is 0 Å². The van der Waals surface area contributed by atoms with Crippen molar-refractivity contribution in [2.75, 3.05) is 6.54 Å². The number of hydrogen-bond acceptors (Lipinski definition) is 3. The number of nitrogens with zero attached hydrogens (tertiary/aromatic N) is 2. The van der Waals surface area contributed by atoms with Gasteiger partial charge in [0.2, 0.25) is 0 Å². The highest BCUT2D eigenvalue weighted by Gasteiger charge is 2.15. The van der Waals surface area contributed by atoms with E-state index in [4.69, 9.17) is 5.73 Å². The van der Waals surface area contributed by atoms with E-state index in [1.807, 2.05) is 6.92 Å². The van der Waals surface area contributed by atoms with E-state index in [1.165, 1.54) is 0 Å². The summed E-state index contributed by atoms with van der Waals surface area (Å²) in [7, 11) is 1.80. The molecule has 2 N–H and O–H groups in total. The van der Waals surface area contributed by atoms with Gasteiger partial charge >= 0.3 is 0 Å². The van der Waals surface area contributed by atoms with Crippen molar-refractivity contribution >= 4 is 5.78 Å². The molecule has 0 amide bonds. The molecule has 0 aliphatic carbocycles. The first kappa shape index (κ1) is 9.92. The predicted molar refractivity (Wildman–Crippen MR) is 50.4 cm³/mol. The van der Waals surface area contributed by atoms with E-state index in [9.17, 15) is 4.79 Å². The van der Waals surface area contributed by atoms with Crippen LogP contribution in [0.25, 0.3) is 0 Å². The first-order chi connectivity index (χ1) is 6.15. The van der Waals surface area contributed by atoms with Gasteiger partial charge in [-0.05, 0) is 13.0 Å². The Morgan fingerprint density at radius 3 is 2.92 bits per heavy atom. The average Bonchev–Trinajstić information content (AvgIpc) is 2.51. The lowest BCUT2D eigenvalue weighted by Crippen LogP contribution is -2.15. The summed E-state index contributed by atoms with van der Waals surface area (Å²) in [5.74, 6) is 0.118. The quantitative estimate of drug-likeness (QED) is 0.691. The number of ketones is 1. The zero-order chi connectivity index (χ0) is 9.84. The third kappa shape index (κ3) is 2.39. The zero-order valence-electron chi connectivity index (χ0n) is 8.03. The van der Waals surface area contributed by atoms with Crippen LogP contribution in [0.4, 0.5) is 0 Å². The van der Waals surface area contributed by atoms with Gasteiger partial charge in [-0.1, -0.05) is 6.92 Å². The maximum atomic E-state index is 11.6. The number of nitrogens with two attached hydrogens (primary N) is 1. The molecule has 0 aliphatic heterocycles. The third-order valence-corrected chi connectivity index (χ3v) is 2.04. The molecule has 1 unspecified atom stereocenters. The van der Waals surface area contributed by atoms with Crippen LogP contribution < -0.4 is 5.73 Å². The minimum absolute atomic E-state index is 0.00537. The Bertz CT molecular complexity index is 293. The summed E-state index contributed by atoms with van der Waals surface area (Å²) < 4.78 is 1.63. The summed E-state index contributed by atoms with van der Waals surface area (Å²) in [5, 5.41) is 3.94. The number of Topliss-reactive ketones (excluding diaryl/α,β-unsaturated/α-hetero) is 1. The van der Waals surface area contributed by atoms with Crippen molar-refractivity contribution in [3.8, 4) is 0 Å². The third-order valence-electron chi connectivity index (χ3n) is 2.04. The summed E-state index contributed by atoms with van der Waals surface area (Å²) in [5.41, 5.74) is 6.05. The van der Waals surface area contributed by atoms with Gasteiger partial charge in [-0.2, -0.15) is 5.10 Å². The Balaban J connectivity index is 2.67. The van der Waals surface area contributed by atoms with Gasteiger partial charge in [0.15, 0.2) is 5.78 Å². The highest BCUT2D eigenvalue weighted by atomic mass is 16.1. The topological polar surface area (TPSA) is 60.9 Å². The SMILES string of the molecule is CC(CCN)C(=O)c1cnn(C)c1. The lowest BCUT2D eigenvalue weighted by atomic mass is 9.99. The largest absolute Gasteiger partial charge is 0.330 e. The van der Waals surface area contributed by atoms with Gasteiger partial charge in [-0.15, -0.1) is 0 Å². The fourth-order valence-corrected chi connectivity index (χ4v) is 1.21. The molecule has 0 aliphatic rings. The molecule has 1 heterocycles. The molecule has 0 saturated heterocycles. The predicted octanol–water partition coefficient (Wildman–Crippen LogP) is 0.588. The van der Waals surface area contributed by atoms with Crippen molar-refractivity contribution in [2.24, 2.45) is 18.7 Å². The first-order valence-corrected chi connectivity index (χ1v) is 4.38. The van der Waals surface area contributed by atoms with Gasteiger partial charge in [0, 0.05) is 19.2 Å². The van der Waals surface area contributed by atoms with E-state index in [0.717, 1.165) is 6.42 Å². The summed E-state index contributed by atoms with van der Waals surface area (Å²) in [4.78, 5) is 11.6. The normalized spacial score (nSPS) is 12.8. The van der Waals surface area contributed by atoms with Crippen molar-refractivity contribution in [3.63, 3.8) is 0 Å². The molecule has 1 aromatic heterocycles. The molecule has 0 bridgehead atoms. The lowest BCUT2D eigenvalue weighted by molar-refractivity contribution is 0.0925. The fraction of sp³-hybridized carbons (Fsp3) is 0.556. The van der Waals surface area contributed by atoms with Crippen LogP contribution in [0.3, 0.4) is 0 Å². The zero-order valence-corrected chi connectivity index (χ0v) is 8.03. The van der Waals surface area contributed by atoms with E-state index in [-0.39, 0.29) is 11.7 Å². The number of carbonyl (C=O) groups excluding carboxylic acids is 1. The van der Waals surface area contributed by atoms with Crippen LogP contribution in [-0.4, -0.2) is 22.1 Å². The van der Waals surface area contributed by atoms with Crippen molar-refractivity contribution in [2.45, 2.75) is 13.3 Å². The summed E-state index contributed by atoms with van der Waals surface area (Å²) in [6.45, 7) is 2.44. The smallest absolute Gasteiger partial charge is 0.168 e. The van der Waals surface area contributed by atoms with Crippen LogP contribution in [0.15, 0.2) is 12.4 Å². The molecule has 72 valence electrons. The van der Waals surface area contributed by atoms with Crippen molar-refractivity contribution in [3.05, 3.63) is 18.0 Å². The summed E-state index contributed by atoms with van der Waals surface area (Å²) >= 11 is 0. The fourth-order valence-electron chi connectivity index (χ4n) is 1.21. The van der Waals surface area contributed by atoms with Gasteiger partial charge in [-0.3, -0.25) is 9.48 Å². The van der Waals surface area contributed by atoms with Crippen LogP contribution in [0.2, 0.25) is 0 Å². The maximum absolute atomic E-state index is 11.6. The molecule has 0 fully saturated rings. The number of aromatic nitrogens is 2. The monoisotopic (exact) mass is 181 g/mol. The Kier molecular flexibility index (Phi) is 3.19. The van der Waals surface area contributed by atoms with Crippen LogP contribution in [0.5, 0.6) is 0 Å². The molecule has 0 saturated carbocycles. The van der Waals surface area contributed by atoms with Gasteiger partial charge < -0.3 is 5.73 Å². The van der Waals surface area contributed by atoms with Crippen molar-refractivity contribution in [1.82, 2.24) is 9.78 Å². The number of aryl methyl sites for hydroxylation is 1. The van der Waals surface area contributed by atoms with Gasteiger partial charge in [0.1, 0.15) is 0 Å². The Morgan fingerprint density at radius 2 is 2.46 bits per heavy atom.